The van der Waals surface area contributed by atoms with Crippen molar-refractivity contribution in [1.29, 1.82) is 0 Å². The van der Waals surface area contributed by atoms with Gasteiger partial charge < -0.3 is 15.3 Å². The molecule has 6 heteroatoms. The van der Waals surface area contributed by atoms with Gasteiger partial charge in [-0.3, -0.25) is 0 Å². The van der Waals surface area contributed by atoms with Crippen LogP contribution in [0.2, 0.25) is 0 Å². The van der Waals surface area contributed by atoms with Crippen LogP contribution in [0, 0.1) is 6.92 Å². The highest BCUT2D eigenvalue weighted by atomic mass is 16.3. The van der Waals surface area contributed by atoms with Crippen molar-refractivity contribution in [2.45, 2.75) is 26.4 Å². The molecular weight excluding hydrogens is 326 g/mol. The molecule has 0 fully saturated rings. The highest BCUT2D eigenvalue weighted by molar-refractivity contribution is 5.65. The van der Waals surface area contributed by atoms with E-state index in [1.54, 1.807) is 0 Å². The molecule has 0 atom stereocenters. The Balaban J connectivity index is 1.62. The highest BCUT2D eigenvalue weighted by Crippen LogP contribution is 2.32. The van der Waals surface area contributed by atoms with Crippen LogP contribution in [0.25, 0.3) is 0 Å². The van der Waals surface area contributed by atoms with Crippen molar-refractivity contribution in [2.75, 3.05) is 16.8 Å². The quantitative estimate of drug-likeness (QED) is 0.752. The van der Waals surface area contributed by atoms with Gasteiger partial charge in [-0.2, -0.15) is 4.98 Å². The minimum absolute atomic E-state index is 0.00194. The maximum atomic E-state index is 9.28. The Hall–Kier alpha value is -2.99. The lowest BCUT2D eigenvalue weighted by atomic mass is 10.00. The number of aliphatic hydroxyl groups is 1. The topological polar surface area (TPSA) is 74.2 Å². The summed E-state index contributed by atoms with van der Waals surface area (Å²) in [4.78, 5) is 15.4. The first kappa shape index (κ1) is 16.5. The second-order valence-electron chi connectivity index (χ2n) is 6.48. The number of nitrogens with zero attached hydrogens (tertiary/aromatic N) is 4. The highest BCUT2D eigenvalue weighted by Gasteiger charge is 2.20. The fourth-order valence-electron chi connectivity index (χ4n) is 3.29. The average molecular weight is 347 g/mol. The monoisotopic (exact) mass is 347 g/mol. The summed E-state index contributed by atoms with van der Waals surface area (Å²) in [6.07, 6.45) is 3.68. The zero-order valence-corrected chi connectivity index (χ0v) is 14.7. The van der Waals surface area contributed by atoms with Gasteiger partial charge in [0, 0.05) is 17.9 Å². The molecule has 1 aromatic heterocycles. The van der Waals surface area contributed by atoms with Crippen molar-refractivity contribution < 1.29 is 5.11 Å². The largest absolute Gasteiger partial charge is 0.392 e. The molecule has 0 aliphatic carbocycles. The van der Waals surface area contributed by atoms with Crippen molar-refractivity contribution in [3.05, 3.63) is 65.5 Å². The predicted octanol–water partition coefficient (Wildman–Crippen LogP) is 3.50. The Labute approximate surface area is 152 Å². The van der Waals surface area contributed by atoms with Crippen LogP contribution in [0.1, 0.15) is 23.1 Å². The molecule has 0 radical (unpaired) electrons. The van der Waals surface area contributed by atoms with Crippen LogP contribution in [0.15, 0.2) is 48.8 Å². The van der Waals surface area contributed by atoms with Gasteiger partial charge in [0.2, 0.25) is 11.9 Å². The Morgan fingerprint density at radius 1 is 1.15 bits per heavy atom. The zero-order valence-electron chi connectivity index (χ0n) is 14.7. The molecule has 2 heterocycles. The smallest absolute Gasteiger partial charge is 0.234 e. The number of anilines is 4. The molecule has 1 aliphatic heterocycles. The van der Waals surface area contributed by atoms with Crippen LogP contribution in [0.5, 0.6) is 0 Å². The number of fused-ring (bicyclic) bond motifs is 1. The average Bonchev–Trinajstić information content (AvgIpc) is 2.67. The van der Waals surface area contributed by atoms with Gasteiger partial charge in [-0.05, 0) is 49.1 Å². The Morgan fingerprint density at radius 2 is 2.08 bits per heavy atom. The molecule has 2 N–H and O–H groups in total. The number of aliphatic hydroxyl groups excluding tert-OH is 1. The van der Waals surface area contributed by atoms with Crippen LogP contribution < -0.4 is 10.2 Å². The fraction of sp³-hybridized carbons (Fsp3) is 0.250. The molecule has 3 aromatic rings. The van der Waals surface area contributed by atoms with E-state index in [1.807, 2.05) is 24.3 Å². The van der Waals surface area contributed by atoms with Gasteiger partial charge >= 0.3 is 0 Å². The number of benzene rings is 2. The molecule has 0 saturated carbocycles. The van der Waals surface area contributed by atoms with Gasteiger partial charge in [0.05, 0.1) is 6.61 Å². The second-order valence-corrected chi connectivity index (χ2v) is 6.48. The maximum Gasteiger partial charge on any atom is 0.234 e. The third-order valence-corrected chi connectivity index (χ3v) is 4.52. The molecule has 0 spiro atoms. The van der Waals surface area contributed by atoms with E-state index in [-0.39, 0.29) is 6.61 Å². The SMILES string of the molecule is Cc1ccc2c(c1)CCCN2c1ncnc(Nc2cccc(CO)c2)n1. The normalized spacial score (nSPS) is 13.4. The summed E-state index contributed by atoms with van der Waals surface area (Å²) in [6.45, 7) is 3.01. The molecule has 2 aromatic carbocycles. The van der Waals surface area contributed by atoms with Gasteiger partial charge in [0.1, 0.15) is 6.33 Å². The number of aromatic nitrogens is 3. The Kier molecular flexibility index (Phi) is 4.50. The van der Waals surface area contributed by atoms with Crippen LogP contribution in [-0.4, -0.2) is 26.6 Å². The minimum atomic E-state index is 0.00194. The summed E-state index contributed by atoms with van der Waals surface area (Å²) in [5.41, 5.74) is 5.45. The van der Waals surface area contributed by atoms with E-state index < -0.39 is 0 Å². The summed E-state index contributed by atoms with van der Waals surface area (Å²) >= 11 is 0. The van der Waals surface area contributed by atoms with Gasteiger partial charge in [0.15, 0.2) is 0 Å². The first-order valence-electron chi connectivity index (χ1n) is 8.76. The van der Waals surface area contributed by atoms with Crippen LogP contribution in [0.3, 0.4) is 0 Å². The summed E-state index contributed by atoms with van der Waals surface area (Å²) < 4.78 is 0. The molecule has 1 aliphatic rings. The van der Waals surface area contributed by atoms with Crippen molar-refractivity contribution in [3.8, 4) is 0 Å². The van der Waals surface area contributed by atoms with Gasteiger partial charge in [-0.25, -0.2) is 9.97 Å². The van der Waals surface area contributed by atoms with E-state index in [0.29, 0.717) is 11.9 Å². The number of rotatable bonds is 4. The van der Waals surface area contributed by atoms with Crippen molar-refractivity contribution in [1.82, 2.24) is 15.0 Å². The third kappa shape index (κ3) is 3.36. The molecular formula is C20H21N5O. The summed E-state index contributed by atoms with van der Waals surface area (Å²) in [5.74, 6) is 1.13. The number of hydrogen-bond donors (Lipinski definition) is 2. The molecule has 0 unspecified atom stereocenters. The van der Waals surface area contributed by atoms with E-state index in [1.165, 1.54) is 23.1 Å². The van der Waals surface area contributed by atoms with Gasteiger partial charge in [0.25, 0.3) is 0 Å². The van der Waals surface area contributed by atoms with Crippen LogP contribution in [0.4, 0.5) is 23.3 Å². The summed E-state index contributed by atoms with van der Waals surface area (Å²) in [5, 5.41) is 12.5. The lowest BCUT2D eigenvalue weighted by molar-refractivity contribution is 0.282. The lowest BCUT2D eigenvalue weighted by Gasteiger charge is -2.29. The number of nitrogens with one attached hydrogen (secondary N) is 1. The van der Waals surface area contributed by atoms with Crippen LogP contribution in [-0.2, 0) is 13.0 Å². The van der Waals surface area contributed by atoms with Crippen molar-refractivity contribution in [3.63, 3.8) is 0 Å². The van der Waals surface area contributed by atoms with Gasteiger partial charge in [-0.1, -0.05) is 29.8 Å². The predicted molar refractivity (Wildman–Crippen MR) is 102 cm³/mol. The molecule has 0 amide bonds. The van der Waals surface area contributed by atoms with Crippen molar-refractivity contribution in [2.24, 2.45) is 0 Å². The second kappa shape index (κ2) is 7.09. The minimum Gasteiger partial charge on any atom is -0.392 e. The lowest BCUT2D eigenvalue weighted by Crippen LogP contribution is -2.26. The standard InChI is InChI=1S/C20H21N5O/c1-14-7-8-18-16(10-14)5-3-9-25(18)20-22-13-21-19(24-20)23-17-6-2-4-15(11-17)12-26/h2,4,6-8,10-11,13,26H,3,5,9,12H2,1H3,(H,21,22,23,24). The Morgan fingerprint density at radius 3 is 2.96 bits per heavy atom. The summed E-state index contributed by atoms with van der Waals surface area (Å²) in [6, 6.07) is 14.1. The van der Waals surface area contributed by atoms with E-state index >= 15 is 0 Å². The Bertz CT molecular complexity index is 928. The molecule has 0 saturated heterocycles. The summed E-state index contributed by atoms with van der Waals surface area (Å²) in [7, 11) is 0. The number of aryl methyl sites for hydroxylation is 2. The van der Waals surface area contributed by atoms with Crippen LogP contribution >= 0.6 is 0 Å². The van der Waals surface area contributed by atoms with Crippen molar-refractivity contribution >= 4 is 23.3 Å². The van der Waals surface area contributed by atoms with E-state index in [0.717, 1.165) is 30.6 Å². The molecule has 132 valence electrons. The maximum absolute atomic E-state index is 9.28. The van der Waals surface area contributed by atoms with E-state index in [2.05, 4.69) is 50.3 Å². The zero-order chi connectivity index (χ0) is 17.9. The molecule has 6 nitrogen and oxygen atoms in total. The van der Waals surface area contributed by atoms with Gasteiger partial charge in [-0.15, -0.1) is 0 Å². The number of hydrogen-bond acceptors (Lipinski definition) is 6. The molecule has 4 rings (SSSR count). The van der Waals surface area contributed by atoms with E-state index in [9.17, 15) is 5.11 Å². The fourth-order valence-corrected chi connectivity index (χ4v) is 3.29. The van der Waals surface area contributed by atoms with E-state index in [4.69, 9.17) is 0 Å². The first-order chi connectivity index (χ1) is 12.7. The molecule has 0 bridgehead atoms. The first-order valence-corrected chi connectivity index (χ1v) is 8.76. The molecule has 26 heavy (non-hydrogen) atoms. The third-order valence-electron chi connectivity index (χ3n) is 4.52.